The summed E-state index contributed by atoms with van der Waals surface area (Å²) in [5.41, 5.74) is 1.76. The molecule has 0 aliphatic carbocycles. The summed E-state index contributed by atoms with van der Waals surface area (Å²) < 4.78 is 8.05. The zero-order valence-electron chi connectivity index (χ0n) is 12.9. The maximum atomic E-state index is 5.81. The highest BCUT2D eigenvalue weighted by Gasteiger charge is 2.23. The fraction of sp³-hybridized carbons (Fsp3) is 0.438. The molecule has 0 bridgehead atoms. The van der Waals surface area contributed by atoms with E-state index in [-0.39, 0.29) is 0 Å². The number of hydrogen-bond acceptors (Lipinski definition) is 5. The Kier molecular flexibility index (Phi) is 3.18. The summed E-state index contributed by atoms with van der Waals surface area (Å²) in [5, 5.41) is 8.65. The van der Waals surface area contributed by atoms with Gasteiger partial charge < -0.3 is 8.98 Å². The van der Waals surface area contributed by atoms with E-state index in [4.69, 9.17) is 4.42 Å². The first-order valence-corrected chi connectivity index (χ1v) is 7.69. The molecule has 3 heterocycles. The third-order valence-corrected chi connectivity index (χ3v) is 4.07. The van der Waals surface area contributed by atoms with Crippen LogP contribution in [0.1, 0.15) is 37.3 Å². The van der Waals surface area contributed by atoms with Gasteiger partial charge in [0, 0.05) is 19.0 Å². The maximum Gasteiger partial charge on any atom is 0.209 e. The summed E-state index contributed by atoms with van der Waals surface area (Å²) >= 11 is 0. The summed E-state index contributed by atoms with van der Waals surface area (Å²) in [6.45, 7) is 7.69. The second kappa shape index (κ2) is 5.21. The molecule has 0 atom stereocenters. The smallest absolute Gasteiger partial charge is 0.209 e. The van der Waals surface area contributed by atoms with E-state index in [1.165, 1.54) is 0 Å². The maximum absolute atomic E-state index is 5.81. The van der Waals surface area contributed by atoms with Gasteiger partial charge in [-0.3, -0.25) is 4.90 Å². The van der Waals surface area contributed by atoms with Gasteiger partial charge in [0.2, 0.25) is 5.89 Å². The average Bonchev–Trinajstić information content (AvgIpc) is 3.09. The van der Waals surface area contributed by atoms with Crippen LogP contribution in [0.4, 0.5) is 0 Å². The van der Waals surface area contributed by atoms with Crippen LogP contribution in [-0.2, 0) is 19.6 Å². The fourth-order valence-corrected chi connectivity index (χ4v) is 2.97. The normalized spacial score (nSPS) is 15.6. The van der Waals surface area contributed by atoms with Gasteiger partial charge in [-0.2, -0.15) is 0 Å². The van der Waals surface area contributed by atoms with Crippen LogP contribution in [0.3, 0.4) is 0 Å². The number of hydrogen-bond donors (Lipinski definition) is 0. The topological polar surface area (TPSA) is 60.0 Å². The van der Waals surface area contributed by atoms with Crippen LogP contribution in [0.5, 0.6) is 0 Å². The van der Waals surface area contributed by atoms with Crippen LogP contribution in [0, 0.1) is 0 Å². The van der Waals surface area contributed by atoms with Gasteiger partial charge >= 0.3 is 0 Å². The van der Waals surface area contributed by atoms with Gasteiger partial charge in [0.05, 0.1) is 13.1 Å². The molecule has 6 heteroatoms. The van der Waals surface area contributed by atoms with Crippen molar-refractivity contribution in [2.45, 2.75) is 39.4 Å². The Balaban J connectivity index is 1.52. The number of oxazole rings is 1. The van der Waals surface area contributed by atoms with Crippen molar-refractivity contribution in [3.8, 4) is 0 Å². The molecule has 1 aliphatic heterocycles. The Morgan fingerprint density at radius 1 is 1.18 bits per heavy atom. The largest absolute Gasteiger partial charge is 0.439 e. The first-order chi connectivity index (χ1) is 10.7. The first kappa shape index (κ1) is 13.5. The second-order valence-electron chi connectivity index (χ2n) is 6.07. The van der Waals surface area contributed by atoms with Gasteiger partial charge in [0.1, 0.15) is 17.2 Å². The van der Waals surface area contributed by atoms with Gasteiger partial charge in [-0.1, -0.05) is 26.0 Å². The number of benzene rings is 1. The Hall–Kier alpha value is -2.21. The van der Waals surface area contributed by atoms with Gasteiger partial charge in [0.15, 0.2) is 5.58 Å². The molecule has 0 saturated carbocycles. The molecule has 1 aromatic carbocycles. The molecule has 2 aromatic heterocycles. The molecule has 22 heavy (non-hydrogen) atoms. The number of nitrogens with zero attached hydrogens (tertiary/aromatic N) is 5. The highest BCUT2D eigenvalue weighted by atomic mass is 16.3. The van der Waals surface area contributed by atoms with Crippen molar-refractivity contribution in [3.05, 3.63) is 41.8 Å². The Morgan fingerprint density at radius 3 is 2.86 bits per heavy atom. The predicted molar refractivity (Wildman–Crippen MR) is 82.2 cm³/mol. The monoisotopic (exact) mass is 297 g/mol. The quantitative estimate of drug-likeness (QED) is 0.743. The lowest BCUT2D eigenvalue weighted by atomic mass is 10.2. The van der Waals surface area contributed by atoms with Crippen LogP contribution < -0.4 is 0 Å². The van der Waals surface area contributed by atoms with Crippen LogP contribution >= 0.6 is 0 Å². The summed E-state index contributed by atoms with van der Waals surface area (Å²) in [5.74, 6) is 3.28. The lowest BCUT2D eigenvalue weighted by Crippen LogP contribution is -2.34. The van der Waals surface area contributed by atoms with E-state index < -0.39 is 0 Å². The van der Waals surface area contributed by atoms with Crippen LogP contribution in [0.15, 0.2) is 28.7 Å². The lowest BCUT2D eigenvalue weighted by molar-refractivity contribution is 0.190. The van der Waals surface area contributed by atoms with Gasteiger partial charge in [0.25, 0.3) is 0 Å². The van der Waals surface area contributed by atoms with E-state index in [1.807, 2.05) is 24.3 Å². The Bertz CT molecular complexity index is 771. The van der Waals surface area contributed by atoms with Crippen LogP contribution in [0.2, 0.25) is 0 Å². The molecule has 114 valence electrons. The van der Waals surface area contributed by atoms with Crippen molar-refractivity contribution < 1.29 is 4.42 Å². The molecular formula is C16H19N5O. The van der Waals surface area contributed by atoms with Crippen molar-refractivity contribution in [2.75, 3.05) is 6.54 Å². The lowest BCUT2D eigenvalue weighted by Gasteiger charge is -2.26. The molecule has 4 rings (SSSR count). The zero-order valence-corrected chi connectivity index (χ0v) is 12.9. The molecule has 6 nitrogen and oxygen atoms in total. The van der Waals surface area contributed by atoms with Crippen LogP contribution in [-0.4, -0.2) is 31.2 Å². The number of aromatic nitrogens is 4. The van der Waals surface area contributed by atoms with Gasteiger partial charge in [-0.15, -0.1) is 10.2 Å². The van der Waals surface area contributed by atoms with Crippen molar-refractivity contribution in [1.82, 2.24) is 24.6 Å². The second-order valence-corrected chi connectivity index (χ2v) is 6.07. The molecule has 0 fully saturated rings. The third-order valence-electron chi connectivity index (χ3n) is 4.07. The molecule has 0 unspecified atom stereocenters. The van der Waals surface area contributed by atoms with Crippen molar-refractivity contribution in [1.29, 1.82) is 0 Å². The van der Waals surface area contributed by atoms with Crippen molar-refractivity contribution in [2.24, 2.45) is 0 Å². The minimum atomic E-state index is 0.407. The Labute approximate surface area is 128 Å². The Morgan fingerprint density at radius 2 is 2.05 bits per heavy atom. The SMILES string of the molecule is CC(C)c1nnc2n1CCN(Cc1nc3ccccc3o1)C2. The van der Waals surface area contributed by atoms with E-state index >= 15 is 0 Å². The van der Waals surface area contributed by atoms with E-state index in [0.717, 1.165) is 48.3 Å². The molecule has 0 spiro atoms. The third kappa shape index (κ3) is 2.29. The molecule has 0 N–H and O–H groups in total. The van der Waals surface area contributed by atoms with Crippen LogP contribution in [0.25, 0.3) is 11.1 Å². The fourth-order valence-electron chi connectivity index (χ4n) is 2.97. The van der Waals surface area contributed by atoms with E-state index in [0.29, 0.717) is 12.5 Å². The minimum absolute atomic E-state index is 0.407. The summed E-state index contributed by atoms with van der Waals surface area (Å²) in [6.07, 6.45) is 0. The minimum Gasteiger partial charge on any atom is -0.439 e. The standard InChI is InChI=1S/C16H19N5O/c1-11(2)16-19-18-14-9-20(7-8-21(14)16)10-15-17-12-5-3-4-6-13(12)22-15/h3-6,11H,7-10H2,1-2H3. The number of para-hydroxylation sites is 2. The first-order valence-electron chi connectivity index (χ1n) is 7.69. The number of rotatable bonds is 3. The molecule has 0 amide bonds. The van der Waals surface area contributed by atoms with Crippen molar-refractivity contribution in [3.63, 3.8) is 0 Å². The highest BCUT2D eigenvalue weighted by Crippen LogP contribution is 2.21. The van der Waals surface area contributed by atoms with E-state index in [9.17, 15) is 0 Å². The summed E-state index contributed by atoms with van der Waals surface area (Å²) in [6, 6.07) is 7.87. The van der Waals surface area contributed by atoms with Crippen molar-refractivity contribution >= 4 is 11.1 Å². The molecule has 1 aliphatic rings. The highest BCUT2D eigenvalue weighted by molar-refractivity contribution is 5.72. The van der Waals surface area contributed by atoms with Gasteiger partial charge in [-0.05, 0) is 12.1 Å². The average molecular weight is 297 g/mol. The summed E-state index contributed by atoms with van der Waals surface area (Å²) in [4.78, 5) is 6.85. The predicted octanol–water partition coefficient (Wildman–Crippen LogP) is 2.56. The van der Waals surface area contributed by atoms with E-state index in [2.05, 4.69) is 38.5 Å². The van der Waals surface area contributed by atoms with Gasteiger partial charge in [-0.25, -0.2) is 4.98 Å². The molecule has 3 aromatic rings. The summed E-state index contributed by atoms with van der Waals surface area (Å²) in [7, 11) is 0. The number of fused-ring (bicyclic) bond motifs is 2. The van der Waals surface area contributed by atoms with E-state index in [1.54, 1.807) is 0 Å². The zero-order chi connectivity index (χ0) is 15.1. The molecule has 0 saturated heterocycles. The molecule has 0 radical (unpaired) electrons. The molecular weight excluding hydrogens is 278 g/mol.